The number of nitrogens with one attached hydrogen (secondary N) is 2. The predicted octanol–water partition coefficient (Wildman–Crippen LogP) is 0.955. The molecule has 1 amide bonds. The third-order valence-corrected chi connectivity index (χ3v) is 3.79. The third-order valence-electron chi connectivity index (χ3n) is 3.79. The number of aromatic nitrogens is 1. The van der Waals surface area contributed by atoms with Crippen molar-refractivity contribution in [1.29, 1.82) is 0 Å². The third kappa shape index (κ3) is 3.04. The van der Waals surface area contributed by atoms with Gasteiger partial charge >= 0.3 is 0 Å². The quantitative estimate of drug-likeness (QED) is 0.798. The molecular weight excluding hydrogens is 242 g/mol. The Morgan fingerprint density at radius 2 is 2.21 bits per heavy atom. The highest BCUT2D eigenvalue weighted by molar-refractivity contribution is 5.99. The Kier molecular flexibility index (Phi) is 4.04. The molecule has 1 aliphatic rings. The summed E-state index contributed by atoms with van der Waals surface area (Å²) in [5, 5.41) is 6.33. The Bertz CT molecular complexity index is 493. The van der Waals surface area contributed by atoms with Gasteiger partial charge in [0.15, 0.2) is 5.78 Å². The zero-order valence-corrected chi connectivity index (χ0v) is 11.7. The molecule has 0 bridgehead atoms. The molecule has 19 heavy (non-hydrogen) atoms. The van der Waals surface area contributed by atoms with Crippen molar-refractivity contribution >= 4 is 11.7 Å². The number of carbonyl (C=O) groups is 2. The molecule has 1 aromatic rings. The maximum absolute atomic E-state index is 12.2. The van der Waals surface area contributed by atoms with Gasteiger partial charge < -0.3 is 15.2 Å². The van der Waals surface area contributed by atoms with Gasteiger partial charge in [0.05, 0.1) is 0 Å². The van der Waals surface area contributed by atoms with E-state index in [1.54, 1.807) is 23.9 Å². The lowest BCUT2D eigenvalue weighted by Crippen LogP contribution is -2.50. The van der Waals surface area contributed by atoms with E-state index in [0.717, 1.165) is 19.5 Å². The standard InChI is InChI=1S/C14H21N3O2/c1-9-4-5-15-7-12(9)16-14(19)13-6-11(10(2)18)8-17(13)3/h6,8-9,12,15H,4-5,7H2,1-3H3,(H,16,19). The van der Waals surface area contributed by atoms with E-state index >= 15 is 0 Å². The van der Waals surface area contributed by atoms with Crippen LogP contribution in [0.1, 0.15) is 41.1 Å². The Balaban J connectivity index is 2.09. The number of hydrogen-bond acceptors (Lipinski definition) is 3. The molecule has 1 fully saturated rings. The molecule has 0 radical (unpaired) electrons. The molecule has 2 atom stereocenters. The molecule has 2 unspecified atom stereocenters. The van der Waals surface area contributed by atoms with Gasteiger partial charge in [0.25, 0.3) is 5.91 Å². The zero-order valence-electron chi connectivity index (χ0n) is 11.7. The van der Waals surface area contributed by atoms with Gasteiger partial charge in [-0.05, 0) is 31.9 Å². The SMILES string of the molecule is CC(=O)c1cc(C(=O)NC2CNCCC2C)n(C)c1. The number of amides is 1. The Morgan fingerprint density at radius 3 is 2.79 bits per heavy atom. The average Bonchev–Trinajstić information content (AvgIpc) is 2.74. The van der Waals surface area contributed by atoms with Gasteiger partial charge in [-0.25, -0.2) is 0 Å². The van der Waals surface area contributed by atoms with E-state index in [-0.39, 0.29) is 17.7 Å². The van der Waals surface area contributed by atoms with Crippen molar-refractivity contribution in [1.82, 2.24) is 15.2 Å². The van der Waals surface area contributed by atoms with Crippen molar-refractivity contribution in [2.75, 3.05) is 13.1 Å². The first kappa shape index (κ1) is 13.8. The Hall–Kier alpha value is -1.62. The van der Waals surface area contributed by atoms with Crippen molar-refractivity contribution in [3.63, 3.8) is 0 Å². The highest BCUT2D eigenvalue weighted by atomic mass is 16.2. The monoisotopic (exact) mass is 263 g/mol. The predicted molar refractivity (Wildman–Crippen MR) is 73.3 cm³/mol. The normalized spacial score (nSPS) is 23.1. The minimum atomic E-state index is -0.115. The van der Waals surface area contributed by atoms with Gasteiger partial charge in [-0.2, -0.15) is 0 Å². The topological polar surface area (TPSA) is 63.1 Å². The van der Waals surface area contributed by atoms with Crippen LogP contribution in [0.25, 0.3) is 0 Å². The first-order valence-corrected chi connectivity index (χ1v) is 6.68. The van der Waals surface area contributed by atoms with Gasteiger partial charge in [-0.15, -0.1) is 0 Å². The van der Waals surface area contributed by atoms with Crippen LogP contribution in [0.4, 0.5) is 0 Å². The van der Waals surface area contributed by atoms with E-state index in [0.29, 0.717) is 17.2 Å². The summed E-state index contributed by atoms with van der Waals surface area (Å²) >= 11 is 0. The van der Waals surface area contributed by atoms with E-state index in [4.69, 9.17) is 0 Å². The van der Waals surface area contributed by atoms with Gasteiger partial charge in [0, 0.05) is 31.4 Å². The summed E-state index contributed by atoms with van der Waals surface area (Å²) in [6, 6.07) is 1.80. The van der Waals surface area contributed by atoms with E-state index in [2.05, 4.69) is 17.6 Å². The molecule has 5 nitrogen and oxygen atoms in total. The number of rotatable bonds is 3. The van der Waals surface area contributed by atoms with Crippen molar-refractivity contribution < 1.29 is 9.59 Å². The van der Waals surface area contributed by atoms with Crippen molar-refractivity contribution in [2.45, 2.75) is 26.3 Å². The average molecular weight is 263 g/mol. The van der Waals surface area contributed by atoms with Gasteiger partial charge in [-0.3, -0.25) is 9.59 Å². The van der Waals surface area contributed by atoms with Crippen LogP contribution in [-0.2, 0) is 7.05 Å². The van der Waals surface area contributed by atoms with E-state index in [9.17, 15) is 9.59 Å². The lowest BCUT2D eigenvalue weighted by atomic mass is 9.95. The number of ketones is 1. The van der Waals surface area contributed by atoms with E-state index in [1.807, 2.05) is 0 Å². The summed E-state index contributed by atoms with van der Waals surface area (Å²) < 4.78 is 1.70. The van der Waals surface area contributed by atoms with Crippen LogP contribution < -0.4 is 10.6 Å². The minimum absolute atomic E-state index is 0.0256. The second kappa shape index (κ2) is 5.57. The number of carbonyl (C=O) groups excluding carboxylic acids is 2. The van der Waals surface area contributed by atoms with Gasteiger partial charge in [-0.1, -0.05) is 6.92 Å². The van der Waals surface area contributed by atoms with Crippen LogP contribution in [0.5, 0.6) is 0 Å². The number of aryl methyl sites for hydroxylation is 1. The van der Waals surface area contributed by atoms with Crippen molar-refractivity contribution in [3.8, 4) is 0 Å². The van der Waals surface area contributed by atoms with E-state index in [1.165, 1.54) is 6.92 Å². The molecule has 2 rings (SSSR count). The molecular formula is C14H21N3O2. The number of piperidine rings is 1. The molecule has 2 N–H and O–H groups in total. The Labute approximate surface area is 113 Å². The highest BCUT2D eigenvalue weighted by Crippen LogP contribution is 2.13. The lowest BCUT2D eigenvalue weighted by Gasteiger charge is -2.30. The zero-order chi connectivity index (χ0) is 14.0. The van der Waals surface area contributed by atoms with Crippen LogP contribution in [0.3, 0.4) is 0 Å². The summed E-state index contributed by atoms with van der Waals surface area (Å²) in [6.07, 6.45) is 2.76. The molecule has 0 aliphatic carbocycles. The summed E-state index contributed by atoms with van der Waals surface area (Å²) in [7, 11) is 1.78. The van der Waals surface area contributed by atoms with Crippen molar-refractivity contribution in [2.24, 2.45) is 13.0 Å². The summed E-state index contributed by atoms with van der Waals surface area (Å²) in [4.78, 5) is 23.6. The smallest absolute Gasteiger partial charge is 0.268 e. The Morgan fingerprint density at radius 1 is 1.47 bits per heavy atom. The van der Waals surface area contributed by atoms with Gasteiger partial charge in [0.1, 0.15) is 5.69 Å². The van der Waals surface area contributed by atoms with Crippen LogP contribution in [0.2, 0.25) is 0 Å². The first-order chi connectivity index (χ1) is 8.99. The van der Waals surface area contributed by atoms with Crippen LogP contribution >= 0.6 is 0 Å². The van der Waals surface area contributed by atoms with Gasteiger partial charge in [0.2, 0.25) is 0 Å². The molecule has 2 heterocycles. The second-order valence-corrected chi connectivity index (χ2v) is 5.33. The van der Waals surface area contributed by atoms with E-state index < -0.39 is 0 Å². The number of Topliss-reactive ketones (excluding diaryl/α,β-unsaturated/α-hetero) is 1. The highest BCUT2D eigenvalue weighted by Gasteiger charge is 2.24. The summed E-state index contributed by atoms with van der Waals surface area (Å²) in [5.41, 5.74) is 1.10. The second-order valence-electron chi connectivity index (χ2n) is 5.33. The molecule has 1 aromatic heterocycles. The molecule has 0 saturated carbocycles. The fraction of sp³-hybridized carbons (Fsp3) is 0.571. The number of nitrogens with zero attached hydrogens (tertiary/aromatic N) is 1. The maximum Gasteiger partial charge on any atom is 0.268 e. The molecule has 5 heteroatoms. The number of hydrogen-bond donors (Lipinski definition) is 2. The fourth-order valence-electron chi connectivity index (χ4n) is 2.41. The molecule has 1 saturated heterocycles. The minimum Gasteiger partial charge on any atom is -0.346 e. The molecule has 0 aromatic carbocycles. The molecule has 104 valence electrons. The largest absolute Gasteiger partial charge is 0.346 e. The summed E-state index contributed by atoms with van der Waals surface area (Å²) in [6.45, 7) is 5.46. The van der Waals surface area contributed by atoms with Crippen molar-refractivity contribution in [3.05, 3.63) is 23.5 Å². The van der Waals surface area contributed by atoms with Crippen LogP contribution in [-0.4, -0.2) is 35.4 Å². The van der Waals surface area contributed by atoms with Crippen LogP contribution in [0.15, 0.2) is 12.3 Å². The summed E-state index contributed by atoms with van der Waals surface area (Å²) in [5.74, 6) is 0.329. The molecule has 1 aliphatic heterocycles. The fourth-order valence-corrected chi connectivity index (χ4v) is 2.41. The van der Waals surface area contributed by atoms with Crippen LogP contribution in [0, 0.1) is 5.92 Å². The maximum atomic E-state index is 12.2. The lowest BCUT2D eigenvalue weighted by molar-refractivity contribution is 0.0906. The first-order valence-electron chi connectivity index (χ1n) is 6.68. The molecule has 0 spiro atoms.